The molecule has 270 valence electrons. The molecule has 0 radical (unpaired) electrons. The van der Waals surface area contributed by atoms with E-state index < -0.39 is 5.60 Å². The number of nitrogens with one attached hydrogen (secondary N) is 1. The number of rotatable bonds is 7. The van der Waals surface area contributed by atoms with Crippen LogP contribution in [0.15, 0.2) is 36.5 Å². The Balaban J connectivity index is 0.942. The molecule has 2 aromatic rings. The van der Waals surface area contributed by atoms with E-state index in [-0.39, 0.29) is 35.0 Å². The Morgan fingerprint density at radius 3 is 2.24 bits per heavy atom. The molecular weight excluding hydrogens is 652 g/mol. The van der Waals surface area contributed by atoms with Crippen molar-refractivity contribution in [2.24, 2.45) is 22.2 Å². The summed E-state index contributed by atoms with van der Waals surface area (Å²) in [6.45, 7) is 21.1. The Hall–Kier alpha value is -3.55. The minimum absolute atomic E-state index is 0.119. The number of benzene rings is 1. The third kappa shape index (κ3) is 7.41. The summed E-state index contributed by atoms with van der Waals surface area (Å²) in [5.74, 6) is 2.02. The van der Waals surface area contributed by atoms with Crippen molar-refractivity contribution in [1.29, 1.82) is 5.26 Å². The van der Waals surface area contributed by atoms with Crippen LogP contribution in [-0.2, 0) is 4.74 Å². The van der Waals surface area contributed by atoms with Crippen LogP contribution in [0.2, 0.25) is 5.02 Å². The second-order valence-corrected chi connectivity index (χ2v) is 17.7. The van der Waals surface area contributed by atoms with Gasteiger partial charge in [-0.1, -0.05) is 39.3 Å². The average Bonchev–Trinajstić information content (AvgIpc) is 3.05. The molecule has 0 atom stereocenters. The fraction of sp³-hybridized carbons (Fsp3) is 0.641. The van der Waals surface area contributed by atoms with Crippen LogP contribution in [0.25, 0.3) is 0 Å². The van der Waals surface area contributed by atoms with Crippen molar-refractivity contribution in [3.63, 3.8) is 0 Å². The average molecular weight is 705 g/mol. The Morgan fingerprint density at radius 2 is 1.68 bits per heavy atom. The monoisotopic (exact) mass is 704 g/mol. The molecule has 3 aliphatic heterocycles. The first-order chi connectivity index (χ1) is 23.5. The lowest BCUT2D eigenvalue weighted by molar-refractivity contribution is -0.164. The normalized spacial score (nSPS) is 24.5. The summed E-state index contributed by atoms with van der Waals surface area (Å²) in [6, 6.07) is 10.9. The van der Waals surface area contributed by atoms with Crippen LogP contribution < -0.4 is 15.0 Å². The summed E-state index contributed by atoms with van der Waals surface area (Å²) in [7, 11) is 0. The van der Waals surface area contributed by atoms with E-state index in [0.717, 1.165) is 77.3 Å². The molecular formula is C39H53ClN6O4. The molecule has 10 nitrogen and oxygen atoms in total. The predicted molar refractivity (Wildman–Crippen MR) is 194 cm³/mol. The molecule has 4 fully saturated rings. The molecule has 6 rings (SSSR count). The number of aromatic nitrogens is 1. The molecule has 50 heavy (non-hydrogen) atoms. The molecule has 1 spiro atoms. The zero-order chi connectivity index (χ0) is 36.1. The largest absolute Gasteiger partial charge is 0.489 e. The first kappa shape index (κ1) is 36.2. The Bertz CT molecular complexity index is 1590. The van der Waals surface area contributed by atoms with E-state index in [9.17, 15) is 14.9 Å². The third-order valence-electron chi connectivity index (χ3n) is 11.5. The fourth-order valence-electron chi connectivity index (χ4n) is 9.07. The molecule has 2 amide bonds. The molecule has 1 saturated carbocycles. The molecule has 3 saturated heterocycles. The van der Waals surface area contributed by atoms with Gasteiger partial charge in [-0.2, -0.15) is 5.26 Å². The standard InChI is InChI=1S/C39H53ClN6O4/c1-36(2,3)50-35(48)46-16-12-26(13-17-46)23-44-24-39(25-44)14-18-45(19-15-39)31-11-9-28(22-42-31)32(47)43-33-37(4,5)34(38(33,6)7)49-29-10-8-27(21-41)30(40)20-29/h8-11,20,22,26,33-34H,12-19,23-25H2,1-7H3,(H,43,47). The molecule has 1 aliphatic carbocycles. The van der Waals surface area contributed by atoms with E-state index in [0.29, 0.717) is 33.2 Å². The van der Waals surface area contributed by atoms with E-state index in [1.165, 1.54) is 0 Å². The minimum Gasteiger partial charge on any atom is -0.489 e. The Morgan fingerprint density at radius 1 is 1.02 bits per heavy atom. The van der Waals surface area contributed by atoms with Crippen LogP contribution in [0.3, 0.4) is 0 Å². The SMILES string of the molecule is CC(C)(C)OC(=O)N1CCC(CN2CC3(CCN(c4ccc(C(=O)NC5C(C)(C)C(Oc6ccc(C#N)c(Cl)c6)C5(C)C)cn4)CC3)C2)CC1. The van der Waals surface area contributed by atoms with Crippen LogP contribution in [0.1, 0.15) is 90.1 Å². The number of hydrogen-bond donors (Lipinski definition) is 1. The van der Waals surface area contributed by atoms with Gasteiger partial charge in [0.1, 0.15) is 29.3 Å². The van der Waals surface area contributed by atoms with Gasteiger partial charge in [-0.15, -0.1) is 0 Å². The maximum atomic E-state index is 13.4. The number of amides is 2. The van der Waals surface area contributed by atoms with Gasteiger partial charge in [0, 0.05) is 74.9 Å². The van der Waals surface area contributed by atoms with E-state index in [4.69, 9.17) is 26.1 Å². The van der Waals surface area contributed by atoms with Crippen LogP contribution >= 0.6 is 11.6 Å². The number of nitrogens with zero attached hydrogens (tertiary/aromatic N) is 5. The molecule has 1 aromatic carbocycles. The van der Waals surface area contributed by atoms with Crippen molar-refractivity contribution in [3.05, 3.63) is 52.7 Å². The van der Waals surface area contributed by atoms with E-state index >= 15 is 0 Å². The number of carbonyl (C=O) groups excluding carboxylic acids is 2. The molecule has 1 N–H and O–H groups in total. The Labute approximate surface area is 302 Å². The van der Waals surface area contributed by atoms with E-state index in [1.807, 2.05) is 37.8 Å². The lowest BCUT2D eigenvalue weighted by Gasteiger charge is -2.63. The minimum atomic E-state index is -0.454. The van der Waals surface area contributed by atoms with Crippen LogP contribution in [0.4, 0.5) is 10.6 Å². The number of anilines is 1. The van der Waals surface area contributed by atoms with Crippen molar-refractivity contribution in [1.82, 2.24) is 20.1 Å². The molecule has 0 bridgehead atoms. The van der Waals surface area contributed by atoms with Gasteiger partial charge in [0.25, 0.3) is 5.91 Å². The van der Waals surface area contributed by atoms with Gasteiger partial charge in [0.2, 0.25) is 0 Å². The number of piperidine rings is 2. The van der Waals surface area contributed by atoms with Crippen LogP contribution in [-0.4, -0.2) is 90.3 Å². The van der Waals surface area contributed by atoms with Gasteiger partial charge in [-0.3, -0.25) is 4.79 Å². The number of likely N-dealkylation sites (tertiary alicyclic amines) is 2. The predicted octanol–water partition coefficient (Wildman–Crippen LogP) is 6.77. The lowest BCUT2D eigenvalue weighted by atomic mass is 9.49. The summed E-state index contributed by atoms with van der Waals surface area (Å²) >= 11 is 6.24. The fourth-order valence-corrected chi connectivity index (χ4v) is 9.28. The van der Waals surface area contributed by atoms with Gasteiger partial charge < -0.3 is 29.5 Å². The number of hydrogen-bond acceptors (Lipinski definition) is 8. The van der Waals surface area contributed by atoms with Gasteiger partial charge in [0.05, 0.1) is 16.1 Å². The second-order valence-electron chi connectivity index (χ2n) is 17.3. The van der Waals surface area contributed by atoms with E-state index in [1.54, 1.807) is 24.4 Å². The summed E-state index contributed by atoms with van der Waals surface area (Å²) in [5.41, 5.74) is 0.214. The number of pyridine rings is 1. The number of nitriles is 1. The van der Waals surface area contributed by atoms with Gasteiger partial charge in [-0.25, -0.2) is 9.78 Å². The lowest BCUT2D eigenvalue weighted by Crippen LogP contribution is -2.74. The summed E-state index contributed by atoms with van der Waals surface area (Å²) in [6.07, 6.45) is 5.71. The van der Waals surface area contributed by atoms with Gasteiger partial charge >= 0.3 is 6.09 Å². The molecule has 11 heteroatoms. The number of halogens is 1. The Kier molecular flexibility index (Phi) is 9.81. The number of carbonyl (C=O) groups is 2. The van der Waals surface area contributed by atoms with Crippen molar-refractivity contribution < 1.29 is 19.1 Å². The highest BCUT2D eigenvalue weighted by Crippen LogP contribution is 2.55. The molecule has 4 aliphatic rings. The maximum Gasteiger partial charge on any atom is 0.410 e. The summed E-state index contributed by atoms with van der Waals surface area (Å²) in [5, 5.41) is 12.8. The molecule has 0 unspecified atom stereocenters. The van der Waals surface area contributed by atoms with Crippen molar-refractivity contribution in [2.45, 2.75) is 91.9 Å². The van der Waals surface area contributed by atoms with Gasteiger partial charge in [0.15, 0.2) is 0 Å². The third-order valence-corrected chi connectivity index (χ3v) is 11.8. The number of ether oxygens (including phenoxy) is 2. The first-order valence-corrected chi connectivity index (χ1v) is 18.5. The highest BCUT2D eigenvalue weighted by Gasteiger charge is 2.64. The van der Waals surface area contributed by atoms with Crippen LogP contribution in [0.5, 0.6) is 5.75 Å². The summed E-state index contributed by atoms with van der Waals surface area (Å²) < 4.78 is 11.9. The maximum absolute atomic E-state index is 13.4. The first-order valence-electron chi connectivity index (χ1n) is 18.1. The molecule has 4 heterocycles. The highest BCUT2D eigenvalue weighted by atomic mass is 35.5. The van der Waals surface area contributed by atoms with E-state index in [2.05, 4.69) is 48.9 Å². The topological polar surface area (TPSA) is 111 Å². The van der Waals surface area contributed by atoms with Crippen molar-refractivity contribution in [2.75, 3.05) is 50.7 Å². The summed E-state index contributed by atoms with van der Waals surface area (Å²) in [4.78, 5) is 37.4. The van der Waals surface area contributed by atoms with Crippen LogP contribution in [0, 0.1) is 33.5 Å². The molecule has 1 aromatic heterocycles. The zero-order valence-corrected chi connectivity index (χ0v) is 31.5. The van der Waals surface area contributed by atoms with Gasteiger partial charge in [-0.05, 0) is 82.1 Å². The van der Waals surface area contributed by atoms with Crippen molar-refractivity contribution >= 4 is 29.4 Å². The quantitative estimate of drug-likeness (QED) is 0.337. The highest BCUT2D eigenvalue weighted by molar-refractivity contribution is 6.31. The second kappa shape index (κ2) is 13.5. The van der Waals surface area contributed by atoms with Crippen molar-refractivity contribution in [3.8, 4) is 11.8 Å². The smallest absolute Gasteiger partial charge is 0.410 e. The zero-order valence-electron chi connectivity index (χ0n) is 30.7.